The van der Waals surface area contributed by atoms with Crippen molar-refractivity contribution in [2.75, 3.05) is 31.5 Å². The van der Waals surface area contributed by atoms with Crippen LogP contribution in [0.3, 0.4) is 0 Å². The second kappa shape index (κ2) is 8.35. The van der Waals surface area contributed by atoms with Gasteiger partial charge in [0.2, 0.25) is 5.16 Å². The quantitative estimate of drug-likeness (QED) is 0.763. The van der Waals surface area contributed by atoms with Gasteiger partial charge in [0.1, 0.15) is 5.82 Å². The lowest BCUT2D eigenvalue weighted by atomic mass is 9.96. The zero-order valence-electron chi connectivity index (χ0n) is 16.9. The van der Waals surface area contributed by atoms with Crippen LogP contribution in [0.15, 0.2) is 5.16 Å². The smallest absolute Gasteiger partial charge is 0.255 e. The Morgan fingerprint density at radius 3 is 2.70 bits per heavy atom. The number of hydrogen-bond acceptors (Lipinski definition) is 6. The Balaban J connectivity index is 1.54. The largest absolute Gasteiger partial charge is 0.368 e. The molecular weight excluding hydrogens is 356 g/mol. The zero-order valence-corrected chi connectivity index (χ0v) is 17.7. The van der Waals surface area contributed by atoms with Crippen LogP contribution in [0.2, 0.25) is 0 Å². The fourth-order valence-corrected chi connectivity index (χ4v) is 4.77. The third-order valence-corrected chi connectivity index (χ3v) is 6.53. The third-order valence-electron chi connectivity index (χ3n) is 5.68. The van der Waals surface area contributed by atoms with Gasteiger partial charge in [-0.05, 0) is 57.5 Å². The van der Waals surface area contributed by atoms with Crippen molar-refractivity contribution in [2.24, 2.45) is 5.92 Å². The minimum atomic E-state index is 0.468. The zero-order chi connectivity index (χ0) is 18.8. The summed E-state index contributed by atoms with van der Waals surface area (Å²) in [5, 5.41) is 9.77. The molecule has 2 aromatic rings. The Hall–Kier alpha value is -1.34. The van der Waals surface area contributed by atoms with Gasteiger partial charge in [0.25, 0.3) is 5.78 Å². The standard InChI is InChI=1S/C20H32N6S/c1-14(2)27-20-23-19-22-17-7-5-4-6-16(17)18(26(19)24-20)21-10-13-25-11-8-15(3)9-12-25/h14-15,21H,4-13H2,1-3H3. The Morgan fingerprint density at radius 2 is 1.93 bits per heavy atom. The van der Waals surface area contributed by atoms with Crippen LogP contribution in [-0.4, -0.2) is 55.9 Å². The van der Waals surface area contributed by atoms with Gasteiger partial charge in [-0.3, -0.25) is 0 Å². The summed E-state index contributed by atoms with van der Waals surface area (Å²) in [5.41, 5.74) is 2.57. The van der Waals surface area contributed by atoms with E-state index in [9.17, 15) is 0 Å². The van der Waals surface area contributed by atoms with Crippen molar-refractivity contribution in [3.63, 3.8) is 0 Å². The van der Waals surface area contributed by atoms with E-state index >= 15 is 0 Å². The van der Waals surface area contributed by atoms with Crippen molar-refractivity contribution in [3.8, 4) is 0 Å². The van der Waals surface area contributed by atoms with Gasteiger partial charge in [-0.15, -0.1) is 5.10 Å². The molecule has 0 radical (unpaired) electrons. The summed E-state index contributed by atoms with van der Waals surface area (Å²) in [6.07, 6.45) is 7.27. The molecular formula is C20H32N6S. The molecule has 1 N–H and O–H groups in total. The summed E-state index contributed by atoms with van der Waals surface area (Å²) in [5.74, 6) is 2.75. The molecule has 1 aliphatic heterocycles. The van der Waals surface area contributed by atoms with E-state index in [1.54, 1.807) is 11.8 Å². The average Bonchev–Trinajstić information content (AvgIpc) is 3.04. The monoisotopic (exact) mass is 388 g/mol. The van der Waals surface area contributed by atoms with Gasteiger partial charge in [-0.1, -0.05) is 32.5 Å². The topological polar surface area (TPSA) is 58.3 Å². The summed E-state index contributed by atoms with van der Waals surface area (Å²) in [6.45, 7) is 11.2. The van der Waals surface area contributed by atoms with E-state index < -0.39 is 0 Å². The number of aryl methyl sites for hydroxylation is 1. The predicted octanol–water partition coefficient (Wildman–Crippen LogP) is 3.65. The van der Waals surface area contributed by atoms with E-state index in [1.807, 2.05) is 4.52 Å². The first kappa shape index (κ1) is 19.0. The van der Waals surface area contributed by atoms with Crippen molar-refractivity contribution in [1.82, 2.24) is 24.5 Å². The molecule has 3 heterocycles. The number of likely N-dealkylation sites (tertiary alicyclic amines) is 1. The number of nitrogens with one attached hydrogen (secondary N) is 1. The summed E-state index contributed by atoms with van der Waals surface area (Å²) in [4.78, 5) is 12.1. The maximum atomic E-state index is 4.84. The summed E-state index contributed by atoms with van der Waals surface area (Å²) in [6, 6.07) is 0. The highest BCUT2D eigenvalue weighted by molar-refractivity contribution is 7.99. The molecule has 1 aliphatic carbocycles. The van der Waals surface area contributed by atoms with Crippen molar-refractivity contribution in [2.45, 2.75) is 69.7 Å². The first-order chi connectivity index (χ1) is 13.1. The van der Waals surface area contributed by atoms with Crippen molar-refractivity contribution >= 4 is 23.4 Å². The molecule has 0 amide bonds. The van der Waals surface area contributed by atoms with Crippen molar-refractivity contribution in [3.05, 3.63) is 11.3 Å². The third kappa shape index (κ3) is 4.40. The highest BCUT2D eigenvalue weighted by Crippen LogP contribution is 2.29. The van der Waals surface area contributed by atoms with Gasteiger partial charge in [0.15, 0.2) is 0 Å². The maximum Gasteiger partial charge on any atom is 0.255 e. The first-order valence-corrected chi connectivity index (χ1v) is 11.4. The van der Waals surface area contributed by atoms with E-state index in [1.165, 1.54) is 50.0 Å². The number of hydrogen-bond donors (Lipinski definition) is 1. The number of nitrogens with zero attached hydrogens (tertiary/aromatic N) is 5. The van der Waals surface area contributed by atoms with Crippen LogP contribution in [0.25, 0.3) is 5.78 Å². The normalized spacial score (nSPS) is 19.0. The molecule has 2 aromatic heterocycles. The lowest BCUT2D eigenvalue weighted by Gasteiger charge is -2.30. The van der Waals surface area contributed by atoms with Crippen LogP contribution in [-0.2, 0) is 12.8 Å². The molecule has 1 fully saturated rings. The molecule has 0 spiro atoms. The van der Waals surface area contributed by atoms with Gasteiger partial charge >= 0.3 is 0 Å². The van der Waals surface area contributed by atoms with E-state index in [0.717, 1.165) is 48.6 Å². The fourth-order valence-electron chi connectivity index (χ4n) is 4.08. The molecule has 7 heteroatoms. The SMILES string of the molecule is CC1CCN(CCNc2c3c(nc4nc(SC(C)C)nn24)CCCC3)CC1. The molecule has 4 rings (SSSR count). The number of rotatable bonds is 6. The summed E-state index contributed by atoms with van der Waals surface area (Å²) in [7, 11) is 0. The van der Waals surface area contributed by atoms with E-state index in [2.05, 4.69) is 36.0 Å². The van der Waals surface area contributed by atoms with Gasteiger partial charge in [-0.25, -0.2) is 4.98 Å². The van der Waals surface area contributed by atoms with Gasteiger partial charge in [0, 0.05) is 23.9 Å². The van der Waals surface area contributed by atoms with Crippen molar-refractivity contribution < 1.29 is 0 Å². The Kier molecular flexibility index (Phi) is 5.88. The van der Waals surface area contributed by atoms with Gasteiger partial charge < -0.3 is 10.2 Å². The van der Waals surface area contributed by atoms with Crippen LogP contribution in [0.4, 0.5) is 5.82 Å². The number of anilines is 1. The van der Waals surface area contributed by atoms with E-state index in [4.69, 9.17) is 10.1 Å². The van der Waals surface area contributed by atoms with E-state index in [-0.39, 0.29) is 0 Å². The summed E-state index contributed by atoms with van der Waals surface area (Å²) >= 11 is 1.70. The Morgan fingerprint density at radius 1 is 1.15 bits per heavy atom. The molecule has 0 aromatic carbocycles. The summed E-state index contributed by atoms with van der Waals surface area (Å²) < 4.78 is 1.95. The van der Waals surface area contributed by atoms with Crippen LogP contribution in [0.1, 0.15) is 57.7 Å². The molecule has 6 nitrogen and oxygen atoms in total. The predicted molar refractivity (Wildman–Crippen MR) is 112 cm³/mol. The van der Waals surface area contributed by atoms with Crippen LogP contribution >= 0.6 is 11.8 Å². The fraction of sp³-hybridized carbons (Fsp3) is 0.750. The second-order valence-corrected chi connectivity index (χ2v) is 9.86. The molecule has 148 valence electrons. The highest BCUT2D eigenvalue weighted by atomic mass is 32.2. The second-order valence-electron chi connectivity index (χ2n) is 8.32. The molecule has 1 saturated heterocycles. The first-order valence-electron chi connectivity index (χ1n) is 10.5. The highest BCUT2D eigenvalue weighted by Gasteiger charge is 2.21. The van der Waals surface area contributed by atoms with Crippen LogP contribution in [0, 0.1) is 5.92 Å². The maximum absolute atomic E-state index is 4.84. The minimum Gasteiger partial charge on any atom is -0.368 e. The number of piperidine rings is 1. The molecule has 0 atom stereocenters. The Labute approximate surface area is 166 Å². The minimum absolute atomic E-state index is 0.468. The molecule has 0 saturated carbocycles. The van der Waals surface area contributed by atoms with Gasteiger partial charge in [-0.2, -0.15) is 9.50 Å². The Bertz CT molecular complexity index is 778. The van der Waals surface area contributed by atoms with Crippen LogP contribution in [0.5, 0.6) is 0 Å². The number of fused-ring (bicyclic) bond motifs is 2. The van der Waals surface area contributed by atoms with Crippen LogP contribution < -0.4 is 5.32 Å². The van der Waals surface area contributed by atoms with E-state index in [0.29, 0.717) is 5.25 Å². The van der Waals surface area contributed by atoms with Crippen molar-refractivity contribution in [1.29, 1.82) is 0 Å². The molecule has 0 unspecified atom stereocenters. The van der Waals surface area contributed by atoms with Gasteiger partial charge in [0.05, 0.1) is 5.69 Å². The molecule has 0 bridgehead atoms. The lowest BCUT2D eigenvalue weighted by molar-refractivity contribution is 0.199. The molecule has 2 aliphatic rings. The number of aromatic nitrogens is 4. The number of thioether (sulfide) groups is 1. The average molecular weight is 389 g/mol. The molecule has 27 heavy (non-hydrogen) atoms. The lowest BCUT2D eigenvalue weighted by Crippen LogP contribution is -2.36.